The van der Waals surface area contributed by atoms with Gasteiger partial charge in [0.15, 0.2) is 22.4 Å². The molecule has 4 rings (SSSR count). The van der Waals surface area contributed by atoms with Crippen molar-refractivity contribution >= 4 is 45.9 Å². The van der Waals surface area contributed by atoms with Crippen molar-refractivity contribution in [3.63, 3.8) is 0 Å². The van der Waals surface area contributed by atoms with Gasteiger partial charge in [0, 0.05) is 58.5 Å². The molecule has 15 atom stereocenters. The number of carbonyl (C=O) groups is 5. The Labute approximate surface area is 460 Å². The number of esters is 1. The highest BCUT2D eigenvalue weighted by molar-refractivity contribution is 6.74. The van der Waals surface area contributed by atoms with E-state index in [4.69, 9.17) is 32.5 Å². The second-order valence-electron chi connectivity index (χ2n) is 25.6. The number of hydrogen-bond donors (Lipinski definition) is 1. The first kappa shape index (κ1) is 65.6. The number of piperidine rings is 1. The van der Waals surface area contributed by atoms with Gasteiger partial charge in [-0.15, -0.1) is 0 Å². The van der Waals surface area contributed by atoms with Crippen molar-refractivity contribution in [2.45, 2.75) is 239 Å². The number of ketones is 3. The van der Waals surface area contributed by atoms with Gasteiger partial charge in [-0.2, -0.15) is 0 Å². The smallest absolute Gasteiger partial charge is 0.329 e. The van der Waals surface area contributed by atoms with Gasteiger partial charge in [0.2, 0.25) is 5.79 Å². The van der Waals surface area contributed by atoms with Crippen LogP contribution in [-0.4, -0.2) is 138 Å². The van der Waals surface area contributed by atoms with Gasteiger partial charge in [0.1, 0.15) is 24.0 Å². The van der Waals surface area contributed by atoms with Gasteiger partial charge in [0.25, 0.3) is 11.7 Å². The molecule has 0 radical (unpaired) electrons. The van der Waals surface area contributed by atoms with Crippen LogP contribution >= 0.6 is 0 Å². The van der Waals surface area contributed by atoms with E-state index in [-0.39, 0.29) is 71.9 Å². The Bertz CT molecular complexity index is 2090. The summed E-state index contributed by atoms with van der Waals surface area (Å²) < 4.78 is 44.4. The molecule has 3 fully saturated rings. The zero-order valence-electron chi connectivity index (χ0n) is 50.0. The Morgan fingerprint density at radius 2 is 1.47 bits per heavy atom. The van der Waals surface area contributed by atoms with E-state index < -0.39 is 88.5 Å². The van der Waals surface area contributed by atoms with Crippen molar-refractivity contribution in [1.29, 1.82) is 0 Å². The maximum absolute atomic E-state index is 14.7. The molecule has 1 N–H and O–H groups in total. The summed E-state index contributed by atoms with van der Waals surface area (Å²) >= 11 is 0. The molecule has 432 valence electrons. The summed E-state index contributed by atoms with van der Waals surface area (Å²) in [5, 5.41) is 12.1. The van der Waals surface area contributed by atoms with Gasteiger partial charge in [-0.05, 0) is 145 Å². The monoisotopic (exact) mass is 1100 g/mol. The van der Waals surface area contributed by atoms with Crippen LogP contribution in [0.3, 0.4) is 0 Å². The lowest BCUT2D eigenvalue weighted by Gasteiger charge is -2.44. The van der Waals surface area contributed by atoms with Gasteiger partial charge in [-0.3, -0.25) is 19.2 Å². The minimum Gasteiger partial charge on any atom is -0.460 e. The maximum atomic E-state index is 14.7. The number of methoxy groups -OCH3 is 3. The van der Waals surface area contributed by atoms with E-state index in [0.717, 1.165) is 24.8 Å². The number of ether oxygens (including phenoxy) is 5. The Kier molecular flexibility index (Phi) is 24.6. The number of carbonyl (C=O) groups excluding carboxylic acids is 5. The molecule has 2 bridgehead atoms. The number of Topliss-reactive ketones (excluding diaryl/α,β-unsaturated/α-hetero) is 3. The van der Waals surface area contributed by atoms with Gasteiger partial charge in [0.05, 0.1) is 30.5 Å². The Hall–Kier alpha value is -2.94. The predicted octanol–water partition coefficient (Wildman–Crippen LogP) is 11.1. The Morgan fingerprint density at radius 1 is 0.789 bits per heavy atom. The molecule has 1 aliphatic carbocycles. The third-order valence-electron chi connectivity index (χ3n) is 17.2. The summed E-state index contributed by atoms with van der Waals surface area (Å²) in [7, 11) is 0.479. The first-order valence-corrected chi connectivity index (χ1v) is 34.9. The number of cyclic esters (lactones) is 1. The summed E-state index contributed by atoms with van der Waals surface area (Å²) in [6.07, 6.45) is 14.2. The van der Waals surface area contributed by atoms with Gasteiger partial charge in [-0.1, -0.05) is 91.8 Å². The van der Waals surface area contributed by atoms with Crippen LogP contribution in [0.25, 0.3) is 0 Å². The van der Waals surface area contributed by atoms with Gasteiger partial charge < -0.3 is 42.5 Å². The molecule has 0 aromatic heterocycles. The van der Waals surface area contributed by atoms with Crippen LogP contribution in [0, 0.1) is 35.5 Å². The lowest BCUT2D eigenvalue weighted by atomic mass is 9.78. The largest absolute Gasteiger partial charge is 0.460 e. The summed E-state index contributed by atoms with van der Waals surface area (Å²) in [5.41, 5.74) is 1.60. The highest BCUT2D eigenvalue weighted by atomic mass is 28.4. The lowest BCUT2D eigenvalue weighted by Crippen LogP contribution is -2.61. The second-order valence-corrected chi connectivity index (χ2v) is 34.9. The molecule has 3 aliphatic heterocycles. The average Bonchev–Trinajstić information content (AvgIpc) is 3.34. The molecule has 0 unspecified atom stereocenters. The fourth-order valence-electron chi connectivity index (χ4n) is 11.3. The molecule has 1 amide bonds. The van der Waals surface area contributed by atoms with E-state index >= 15 is 0 Å². The quantitative estimate of drug-likeness (QED) is 0.0948. The number of hydrogen-bond acceptors (Lipinski definition) is 13. The minimum absolute atomic E-state index is 0.0372. The molecular weight excluding hydrogens is 999 g/mol. The molecule has 0 aromatic rings. The minimum atomic E-state index is -2.42. The van der Waals surface area contributed by atoms with Crippen LogP contribution in [0.15, 0.2) is 47.6 Å². The molecule has 14 nitrogen and oxygen atoms in total. The van der Waals surface area contributed by atoms with Crippen LogP contribution < -0.4 is 0 Å². The topological polar surface area (TPSA) is 173 Å². The molecule has 0 aromatic carbocycles. The van der Waals surface area contributed by atoms with Crippen LogP contribution in [0.1, 0.15) is 146 Å². The number of allylic oxidation sites excluding steroid dienone is 6. The molecule has 16 heteroatoms. The zero-order chi connectivity index (χ0) is 57.1. The third-order valence-corrected chi connectivity index (χ3v) is 22.6. The Morgan fingerprint density at radius 3 is 2.09 bits per heavy atom. The van der Waals surface area contributed by atoms with E-state index in [9.17, 15) is 29.1 Å². The Balaban J connectivity index is 1.76. The van der Waals surface area contributed by atoms with Crippen LogP contribution in [0.5, 0.6) is 0 Å². The van der Waals surface area contributed by atoms with Crippen LogP contribution in [0.4, 0.5) is 0 Å². The fourth-order valence-corrected chi connectivity index (χ4v) is 13.8. The van der Waals surface area contributed by atoms with Crippen molar-refractivity contribution in [2.75, 3.05) is 27.9 Å². The van der Waals surface area contributed by atoms with Gasteiger partial charge in [-0.25, -0.2) is 4.79 Å². The first-order valence-electron chi connectivity index (χ1n) is 28.5. The number of nitrogens with zero attached hydrogens (tertiary/aromatic N) is 1. The van der Waals surface area contributed by atoms with Crippen molar-refractivity contribution in [1.82, 2.24) is 4.90 Å². The summed E-state index contributed by atoms with van der Waals surface area (Å²) in [6.45, 7) is 30.8. The fraction of sp³-hybridized carbons (Fsp3) is 0.783. The molecule has 0 spiro atoms. The standard InChI is InChI=1S/C60H101NO13Si2/c1-38-24-20-19-21-25-39(2)50(68-11)36-46-29-27-44(7)60(67,72-46)56(64)57(65)61-31-23-22-26-47(61)58(66)71-51(41(4)34-45-28-30-49(52(35-45)69-12)73-76(17,18)59(8,9)10)37-48(62)40(3)33-43(6)54(74-75(14,15)16)55(70-13)53(63)42(5)32-38/h19-21,24-25,33,38,40-42,44-47,49-52,54-55,67H,22-23,26-32,34-37H2,1-18H3/b21-19+,24-20+,39-25+,43-33+/t38-,40-,41-,42-,44-,45+,46+,47+,49-,50+,51+,52-,54-,55+,60-/m1/s1. The van der Waals surface area contributed by atoms with Crippen molar-refractivity contribution in [3.05, 3.63) is 47.6 Å². The molecule has 2 saturated heterocycles. The maximum Gasteiger partial charge on any atom is 0.329 e. The molecule has 1 saturated carbocycles. The normalized spacial score (nSPS) is 37.0. The molecular formula is C60H101NO13Si2. The summed E-state index contributed by atoms with van der Waals surface area (Å²) in [4.78, 5) is 74.0. The lowest BCUT2D eigenvalue weighted by molar-refractivity contribution is -0.265. The van der Waals surface area contributed by atoms with E-state index in [2.05, 4.69) is 66.5 Å². The highest BCUT2D eigenvalue weighted by Gasteiger charge is 2.53. The second kappa shape index (κ2) is 28.5. The number of aliphatic hydroxyl groups is 1. The van der Waals surface area contributed by atoms with E-state index in [1.807, 2.05) is 65.0 Å². The molecule has 4 aliphatic rings. The van der Waals surface area contributed by atoms with Gasteiger partial charge >= 0.3 is 5.97 Å². The van der Waals surface area contributed by atoms with Crippen LogP contribution in [0.2, 0.25) is 37.8 Å². The van der Waals surface area contributed by atoms with Crippen LogP contribution in [-0.2, 0) is 56.5 Å². The third kappa shape index (κ3) is 17.8. The summed E-state index contributed by atoms with van der Waals surface area (Å²) in [6, 6.07) is -1.12. The average molecular weight is 1100 g/mol. The van der Waals surface area contributed by atoms with E-state index in [1.54, 1.807) is 21.1 Å². The van der Waals surface area contributed by atoms with Crippen molar-refractivity contribution < 1.29 is 61.6 Å². The van der Waals surface area contributed by atoms with E-state index in [1.165, 1.54) is 12.0 Å². The van der Waals surface area contributed by atoms with Crippen molar-refractivity contribution in [3.8, 4) is 0 Å². The summed E-state index contributed by atoms with van der Waals surface area (Å²) in [5.74, 6) is -7.24. The zero-order valence-corrected chi connectivity index (χ0v) is 52.0. The molecule has 76 heavy (non-hydrogen) atoms. The van der Waals surface area contributed by atoms with Crippen molar-refractivity contribution in [2.24, 2.45) is 35.5 Å². The number of fused-ring (bicyclic) bond motifs is 3. The number of amides is 1. The predicted molar refractivity (Wildman–Crippen MR) is 303 cm³/mol. The highest BCUT2D eigenvalue weighted by Crippen LogP contribution is 2.42. The molecule has 3 heterocycles. The van der Waals surface area contributed by atoms with E-state index in [0.29, 0.717) is 50.5 Å². The first-order chi connectivity index (χ1) is 35.4. The number of rotatable bonds is 10. The SMILES string of the molecule is CO[C@H]1C[C@@H]2CC[C@@H](C)[C@@](O)(O2)C(=O)C(=O)N2CCCC[C@H]2C(=O)O[C@H]([C@H](C)C[C@@H]2CC[C@@H](O[Si](C)(C)C(C)(C)C)[C@H](OC)C2)CC(=O)[C@H](C)/C=C(\C)[C@@H](O[Si](C)(C)C)[C@@H](OC)C(=O)[C@H](C)C[C@H](C)/C=C/C=C/C=C/1C.